The first kappa shape index (κ1) is 22.5. The number of amides is 2. The van der Waals surface area contributed by atoms with Crippen molar-refractivity contribution < 1.29 is 23.8 Å². The molecule has 1 fully saturated rings. The minimum absolute atomic E-state index is 0.115. The van der Waals surface area contributed by atoms with Gasteiger partial charge in [-0.05, 0) is 49.1 Å². The summed E-state index contributed by atoms with van der Waals surface area (Å²) in [5, 5.41) is 3.00. The molecule has 0 unspecified atom stereocenters. The molecule has 0 radical (unpaired) electrons. The molecule has 1 heterocycles. The Balaban J connectivity index is 1.38. The molecular formula is C24H30N2O5. The summed E-state index contributed by atoms with van der Waals surface area (Å²) in [6.07, 6.45) is 2.12. The molecule has 1 aliphatic rings. The highest BCUT2D eigenvalue weighted by Gasteiger charge is 2.23. The lowest BCUT2D eigenvalue weighted by atomic mass is 9.96. The molecule has 1 aliphatic heterocycles. The molecule has 2 aromatic rings. The van der Waals surface area contributed by atoms with Crippen molar-refractivity contribution in [2.75, 3.05) is 40.5 Å². The smallest absolute Gasteiger partial charge is 0.251 e. The highest BCUT2D eigenvalue weighted by atomic mass is 16.5. The molecule has 0 bridgehead atoms. The summed E-state index contributed by atoms with van der Waals surface area (Å²) in [6.45, 7) is 2.39. The first-order valence-corrected chi connectivity index (χ1v) is 10.6. The molecule has 0 saturated carbocycles. The van der Waals surface area contributed by atoms with E-state index in [0.29, 0.717) is 55.6 Å². The molecule has 1 saturated heterocycles. The number of benzene rings is 2. The maximum absolute atomic E-state index is 12.5. The van der Waals surface area contributed by atoms with E-state index in [9.17, 15) is 9.59 Å². The van der Waals surface area contributed by atoms with Gasteiger partial charge >= 0.3 is 0 Å². The van der Waals surface area contributed by atoms with E-state index in [1.165, 1.54) is 0 Å². The Hall–Kier alpha value is -3.22. The van der Waals surface area contributed by atoms with Crippen LogP contribution in [-0.4, -0.2) is 57.2 Å². The first-order chi connectivity index (χ1) is 15.1. The maximum Gasteiger partial charge on any atom is 0.251 e. The van der Waals surface area contributed by atoms with E-state index in [2.05, 4.69) is 5.32 Å². The zero-order valence-corrected chi connectivity index (χ0v) is 18.1. The van der Waals surface area contributed by atoms with E-state index in [4.69, 9.17) is 14.2 Å². The van der Waals surface area contributed by atoms with Crippen molar-refractivity contribution in [2.24, 2.45) is 5.92 Å². The SMILES string of the molecule is COc1ccc(C(=O)NCC2CCN(C(=O)CCOc3ccccc3)CC2)cc1OC. The highest BCUT2D eigenvalue weighted by molar-refractivity contribution is 5.94. The van der Waals surface area contributed by atoms with Crippen LogP contribution in [0.5, 0.6) is 17.2 Å². The van der Waals surface area contributed by atoms with Gasteiger partial charge in [0.1, 0.15) is 5.75 Å². The number of nitrogens with zero attached hydrogens (tertiary/aromatic N) is 1. The maximum atomic E-state index is 12.5. The van der Waals surface area contributed by atoms with E-state index < -0.39 is 0 Å². The Morgan fingerprint density at radius 3 is 2.39 bits per heavy atom. The summed E-state index contributed by atoms with van der Waals surface area (Å²) in [7, 11) is 3.10. The largest absolute Gasteiger partial charge is 0.493 e. The summed E-state index contributed by atoms with van der Waals surface area (Å²) in [5.74, 6) is 2.22. The number of carbonyl (C=O) groups is 2. The Morgan fingerprint density at radius 2 is 1.71 bits per heavy atom. The number of ether oxygens (including phenoxy) is 3. The van der Waals surface area contributed by atoms with Gasteiger partial charge in [-0.2, -0.15) is 0 Å². The minimum atomic E-state index is -0.141. The van der Waals surface area contributed by atoms with Crippen molar-refractivity contribution in [3.8, 4) is 17.2 Å². The van der Waals surface area contributed by atoms with Gasteiger partial charge in [0.15, 0.2) is 11.5 Å². The summed E-state index contributed by atoms with van der Waals surface area (Å²) in [4.78, 5) is 26.8. The van der Waals surface area contributed by atoms with Crippen LogP contribution in [0.2, 0.25) is 0 Å². The summed E-state index contributed by atoms with van der Waals surface area (Å²) in [6, 6.07) is 14.6. The van der Waals surface area contributed by atoms with Gasteiger partial charge in [-0.1, -0.05) is 18.2 Å². The van der Waals surface area contributed by atoms with Gasteiger partial charge in [0.2, 0.25) is 5.91 Å². The number of piperidine rings is 1. The van der Waals surface area contributed by atoms with Gasteiger partial charge in [-0.3, -0.25) is 9.59 Å². The first-order valence-electron chi connectivity index (χ1n) is 10.6. The fraction of sp³-hybridized carbons (Fsp3) is 0.417. The number of hydrogen-bond acceptors (Lipinski definition) is 5. The summed E-state index contributed by atoms with van der Waals surface area (Å²) >= 11 is 0. The molecule has 0 atom stereocenters. The lowest BCUT2D eigenvalue weighted by Crippen LogP contribution is -2.41. The van der Waals surface area contributed by atoms with Crippen LogP contribution in [0.1, 0.15) is 29.6 Å². The topological polar surface area (TPSA) is 77.1 Å². The molecule has 0 aromatic heterocycles. The molecule has 1 N–H and O–H groups in total. The molecule has 3 rings (SSSR count). The fourth-order valence-electron chi connectivity index (χ4n) is 3.63. The number of carbonyl (C=O) groups excluding carboxylic acids is 2. The fourth-order valence-corrected chi connectivity index (χ4v) is 3.63. The average Bonchev–Trinajstić information content (AvgIpc) is 2.83. The third-order valence-corrected chi connectivity index (χ3v) is 5.49. The van der Waals surface area contributed by atoms with Crippen molar-refractivity contribution in [3.05, 3.63) is 54.1 Å². The quantitative estimate of drug-likeness (QED) is 0.667. The van der Waals surface area contributed by atoms with Crippen LogP contribution in [-0.2, 0) is 4.79 Å². The predicted octanol–water partition coefficient (Wildman–Crippen LogP) is 3.14. The zero-order valence-electron chi connectivity index (χ0n) is 18.1. The van der Waals surface area contributed by atoms with E-state index in [1.54, 1.807) is 32.4 Å². The van der Waals surface area contributed by atoms with Gasteiger partial charge in [-0.15, -0.1) is 0 Å². The normalized spacial score (nSPS) is 14.1. The van der Waals surface area contributed by atoms with E-state index in [1.807, 2.05) is 35.2 Å². The van der Waals surface area contributed by atoms with Crippen LogP contribution in [0.4, 0.5) is 0 Å². The minimum Gasteiger partial charge on any atom is -0.493 e. The number of hydrogen-bond donors (Lipinski definition) is 1. The van der Waals surface area contributed by atoms with Crippen molar-refractivity contribution in [2.45, 2.75) is 19.3 Å². The van der Waals surface area contributed by atoms with Crippen LogP contribution in [0.15, 0.2) is 48.5 Å². The predicted molar refractivity (Wildman–Crippen MR) is 118 cm³/mol. The Morgan fingerprint density at radius 1 is 1.00 bits per heavy atom. The van der Waals surface area contributed by atoms with Gasteiger partial charge in [-0.25, -0.2) is 0 Å². The molecule has 2 aromatic carbocycles. The Kier molecular flexibility index (Phi) is 8.15. The molecule has 7 heteroatoms. The Bertz CT molecular complexity index is 864. The van der Waals surface area contributed by atoms with Crippen LogP contribution in [0, 0.1) is 5.92 Å². The van der Waals surface area contributed by atoms with E-state index >= 15 is 0 Å². The lowest BCUT2D eigenvalue weighted by molar-refractivity contribution is -0.133. The lowest BCUT2D eigenvalue weighted by Gasteiger charge is -2.32. The van der Waals surface area contributed by atoms with E-state index in [-0.39, 0.29) is 11.8 Å². The third-order valence-electron chi connectivity index (χ3n) is 5.49. The molecule has 7 nitrogen and oxygen atoms in total. The van der Waals surface area contributed by atoms with Crippen molar-refractivity contribution in [3.63, 3.8) is 0 Å². The number of rotatable bonds is 9. The van der Waals surface area contributed by atoms with Crippen LogP contribution >= 0.6 is 0 Å². The van der Waals surface area contributed by atoms with Gasteiger partial charge in [0, 0.05) is 25.2 Å². The third kappa shape index (κ3) is 6.38. The molecule has 31 heavy (non-hydrogen) atoms. The number of methoxy groups -OCH3 is 2. The van der Waals surface area contributed by atoms with Crippen molar-refractivity contribution in [1.82, 2.24) is 10.2 Å². The standard InChI is InChI=1S/C24H30N2O5/c1-29-21-9-8-19(16-22(21)30-2)24(28)25-17-18-10-13-26(14-11-18)23(27)12-15-31-20-6-4-3-5-7-20/h3-9,16,18H,10-15,17H2,1-2H3,(H,25,28). The molecule has 0 aliphatic carbocycles. The van der Waals surface area contributed by atoms with Crippen molar-refractivity contribution >= 4 is 11.8 Å². The number of likely N-dealkylation sites (tertiary alicyclic amines) is 1. The van der Waals surface area contributed by atoms with Crippen LogP contribution in [0.3, 0.4) is 0 Å². The molecule has 2 amide bonds. The summed E-state index contributed by atoms with van der Waals surface area (Å²) in [5.41, 5.74) is 0.531. The number of para-hydroxylation sites is 1. The monoisotopic (exact) mass is 426 g/mol. The zero-order chi connectivity index (χ0) is 22.1. The second-order valence-corrected chi connectivity index (χ2v) is 7.52. The molecule has 166 valence electrons. The summed E-state index contributed by atoms with van der Waals surface area (Å²) < 4.78 is 16.1. The van der Waals surface area contributed by atoms with Gasteiger partial charge < -0.3 is 24.4 Å². The number of nitrogens with one attached hydrogen (secondary N) is 1. The van der Waals surface area contributed by atoms with Gasteiger partial charge in [0.25, 0.3) is 5.91 Å². The Labute approximate surface area is 183 Å². The second-order valence-electron chi connectivity index (χ2n) is 7.52. The van der Waals surface area contributed by atoms with Gasteiger partial charge in [0.05, 0.1) is 27.2 Å². The van der Waals surface area contributed by atoms with Crippen molar-refractivity contribution in [1.29, 1.82) is 0 Å². The molecular weight excluding hydrogens is 396 g/mol. The van der Waals surface area contributed by atoms with E-state index in [0.717, 1.165) is 18.6 Å². The van der Waals surface area contributed by atoms with Crippen LogP contribution in [0.25, 0.3) is 0 Å². The van der Waals surface area contributed by atoms with Crippen LogP contribution < -0.4 is 19.5 Å². The highest BCUT2D eigenvalue weighted by Crippen LogP contribution is 2.27. The second kappa shape index (κ2) is 11.2. The molecule has 0 spiro atoms. The average molecular weight is 427 g/mol.